The van der Waals surface area contributed by atoms with Gasteiger partial charge in [0.05, 0.1) is 0 Å². The lowest BCUT2D eigenvalue weighted by Gasteiger charge is -1.86. The number of hydrogen-bond donors (Lipinski definition) is 1. The number of aliphatic carboxylic acids is 1. The van der Waals surface area contributed by atoms with Crippen molar-refractivity contribution in [2.24, 2.45) is 11.8 Å². The second-order valence-electron chi connectivity index (χ2n) is 3.45. The minimum atomic E-state index is -1.04. The molecule has 2 fully saturated rings. The van der Waals surface area contributed by atoms with E-state index in [1.54, 1.807) is 19.8 Å². The molecule has 0 aliphatic heterocycles. The summed E-state index contributed by atoms with van der Waals surface area (Å²) in [7, 11) is 0. The molecule has 68 valence electrons. The number of ketones is 1. The molecule has 0 heterocycles. The van der Waals surface area contributed by atoms with E-state index in [0.29, 0.717) is 6.42 Å². The first kappa shape index (κ1) is 9.23. The third kappa shape index (κ3) is 3.51. The van der Waals surface area contributed by atoms with Crippen LogP contribution in [-0.2, 0) is 9.59 Å². The van der Waals surface area contributed by atoms with Gasteiger partial charge in [0, 0.05) is 6.42 Å². The van der Waals surface area contributed by atoms with Crippen LogP contribution in [0.15, 0.2) is 0 Å². The zero-order valence-electron chi connectivity index (χ0n) is 7.25. The first-order valence-electron chi connectivity index (χ1n) is 4.37. The van der Waals surface area contributed by atoms with E-state index >= 15 is 0 Å². The van der Waals surface area contributed by atoms with Crippen LogP contribution in [0.4, 0.5) is 0 Å². The third-order valence-corrected chi connectivity index (χ3v) is 2.21. The van der Waals surface area contributed by atoms with Gasteiger partial charge in [0.1, 0.15) is 12.2 Å². The van der Waals surface area contributed by atoms with Crippen molar-refractivity contribution in [3.63, 3.8) is 0 Å². The standard InChI is InChI=1S/C5H8O3.C4H6/c1-2-4(6)3-5(7)8;1-3-2-4(1)3/h2-3H2,1H3,(H,7,8);3-4H,1-2H2. The van der Waals surface area contributed by atoms with Crippen molar-refractivity contribution >= 4 is 11.8 Å². The van der Waals surface area contributed by atoms with Crippen molar-refractivity contribution in [3.8, 4) is 0 Å². The monoisotopic (exact) mass is 170 g/mol. The Kier molecular flexibility index (Phi) is 2.84. The average molecular weight is 170 g/mol. The minimum Gasteiger partial charge on any atom is -0.481 e. The van der Waals surface area contributed by atoms with Gasteiger partial charge in [-0.2, -0.15) is 0 Å². The van der Waals surface area contributed by atoms with E-state index in [0.717, 1.165) is 0 Å². The van der Waals surface area contributed by atoms with Gasteiger partial charge in [-0.1, -0.05) is 6.92 Å². The molecule has 2 aliphatic rings. The molecule has 2 aliphatic carbocycles. The van der Waals surface area contributed by atoms with Crippen molar-refractivity contribution in [1.82, 2.24) is 0 Å². The van der Waals surface area contributed by atoms with Gasteiger partial charge in [0.2, 0.25) is 0 Å². The summed E-state index contributed by atoms with van der Waals surface area (Å²) in [5.41, 5.74) is 0. The number of fused-ring (bicyclic) bond motifs is 1. The molecule has 2 rings (SSSR count). The molecule has 1 N–H and O–H groups in total. The lowest BCUT2D eigenvalue weighted by atomic mass is 10.2. The number of Topliss-reactive ketones (excluding diaryl/α,β-unsaturated/α-hetero) is 1. The van der Waals surface area contributed by atoms with Gasteiger partial charge in [-0.3, -0.25) is 9.59 Å². The zero-order valence-corrected chi connectivity index (χ0v) is 7.25. The topological polar surface area (TPSA) is 54.4 Å². The van der Waals surface area contributed by atoms with Gasteiger partial charge in [-0.05, 0) is 24.7 Å². The van der Waals surface area contributed by atoms with Crippen molar-refractivity contribution in [2.45, 2.75) is 32.6 Å². The summed E-state index contributed by atoms with van der Waals surface area (Å²) in [6, 6.07) is 0. The molecular weight excluding hydrogens is 156 g/mol. The second-order valence-corrected chi connectivity index (χ2v) is 3.45. The Morgan fingerprint density at radius 1 is 1.33 bits per heavy atom. The van der Waals surface area contributed by atoms with Crippen LogP contribution in [0, 0.1) is 11.8 Å². The molecule has 0 bridgehead atoms. The summed E-state index contributed by atoms with van der Waals surface area (Å²) in [4.78, 5) is 20.0. The highest BCUT2D eigenvalue weighted by molar-refractivity contribution is 5.94. The van der Waals surface area contributed by atoms with Gasteiger partial charge in [0.15, 0.2) is 0 Å². The van der Waals surface area contributed by atoms with E-state index in [2.05, 4.69) is 0 Å². The summed E-state index contributed by atoms with van der Waals surface area (Å²) >= 11 is 0. The van der Waals surface area contributed by atoms with Crippen molar-refractivity contribution in [1.29, 1.82) is 0 Å². The smallest absolute Gasteiger partial charge is 0.310 e. The molecule has 12 heavy (non-hydrogen) atoms. The number of carboxylic acids is 1. The number of carboxylic acid groups (broad SMARTS) is 1. The fourth-order valence-electron chi connectivity index (χ4n) is 0.845. The Hall–Kier alpha value is -0.860. The molecule has 0 atom stereocenters. The van der Waals surface area contributed by atoms with Gasteiger partial charge in [0.25, 0.3) is 0 Å². The molecular formula is C9H14O3. The van der Waals surface area contributed by atoms with Gasteiger partial charge >= 0.3 is 5.97 Å². The first-order valence-corrected chi connectivity index (χ1v) is 4.37. The van der Waals surface area contributed by atoms with Crippen molar-refractivity contribution in [3.05, 3.63) is 0 Å². The molecule has 0 unspecified atom stereocenters. The summed E-state index contributed by atoms with van der Waals surface area (Å²) < 4.78 is 0. The highest BCUT2D eigenvalue weighted by Gasteiger charge is 2.52. The number of carbonyl (C=O) groups excluding carboxylic acids is 1. The summed E-state index contributed by atoms with van der Waals surface area (Å²) in [5, 5.41) is 7.99. The summed E-state index contributed by atoms with van der Waals surface area (Å²) in [6.07, 6.45) is 3.14. The normalized spacial score (nSPS) is 27.8. The molecule has 0 radical (unpaired) electrons. The van der Waals surface area contributed by atoms with E-state index in [1.165, 1.54) is 11.8 Å². The highest BCUT2D eigenvalue weighted by atomic mass is 16.4. The fraction of sp³-hybridized carbons (Fsp3) is 0.778. The van der Waals surface area contributed by atoms with Crippen LogP contribution in [0.5, 0.6) is 0 Å². The Bertz CT molecular complexity index is 186. The minimum absolute atomic E-state index is 0.225. The Balaban J connectivity index is 0.000000142. The largest absolute Gasteiger partial charge is 0.481 e. The van der Waals surface area contributed by atoms with Gasteiger partial charge in [-0.15, -0.1) is 0 Å². The molecule has 0 saturated heterocycles. The van der Waals surface area contributed by atoms with Crippen LogP contribution in [-0.4, -0.2) is 16.9 Å². The van der Waals surface area contributed by atoms with E-state index in [9.17, 15) is 9.59 Å². The maximum atomic E-state index is 10.2. The van der Waals surface area contributed by atoms with Crippen LogP contribution < -0.4 is 0 Å². The molecule has 3 heteroatoms. The van der Waals surface area contributed by atoms with Gasteiger partial charge < -0.3 is 5.11 Å². The summed E-state index contributed by atoms with van der Waals surface area (Å²) in [5.74, 6) is 1.23. The average Bonchev–Trinajstić information content (AvgIpc) is 2.71. The molecule has 0 amide bonds. The molecule has 0 aromatic heterocycles. The third-order valence-electron chi connectivity index (χ3n) is 2.21. The quantitative estimate of drug-likeness (QED) is 0.652. The van der Waals surface area contributed by atoms with Crippen LogP contribution in [0.3, 0.4) is 0 Å². The molecule has 0 aromatic carbocycles. The number of carbonyl (C=O) groups is 2. The van der Waals surface area contributed by atoms with E-state index < -0.39 is 5.97 Å². The molecule has 0 spiro atoms. The van der Waals surface area contributed by atoms with E-state index in [1.807, 2.05) is 0 Å². The van der Waals surface area contributed by atoms with E-state index in [4.69, 9.17) is 5.11 Å². The van der Waals surface area contributed by atoms with Gasteiger partial charge in [-0.25, -0.2) is 0 Å². The number of rotatable bonds is 3. The summed E-state index contributed by atoms with van der Waals surface area (Å²) in [6.45, 7) is 1.64. The molecule has 2 saturated carbocycles. The first-order chi connectivity index (χ1) is 5.63. The van der Waals surface area contributed by atoms with Crippen molar-refractivity contribution < 1.29 is 14.7 Å². The maximum Gasteiger partial charge on any atom is 0.310 e. The number of hydrogen-bond acceptors (Lipinski definition) is 2. The zero-order chi connectivity index (χ0) is 9.14. The predicted molar refractivity (Wildman–Crippen MR) is 43.8 cm³/mol. The molecule has 3 nitrogen and oxygen atoms in total. The van der Waals surface area contributed by atoms with Crippen LogP contribution in [0.1, 0.15) is 32.6 Å². The van der Waals surface area contributed by atoms with Crippen LogP contribution in [0.25, 0.3) is 0 Å². The van der Waals surface area contributed by atoms with E-state index in [-0.39, 0.29) is 12.2 Å². The predicted octanol–water partition coefficient (Wildman–Crippen LogP) is 1.47. The Morgan fingerprint density at radius 3 is 1.83 bits per heavy atom. The fourth-order valence-corrected chi connectivity index (χ4v) is 0.845. The Labute approximate surface area is 71.8 Å². The lowest BCUT2D eigenvalue weighted by molar-refractivity contribution is -0.140. The Morgan fingerprint density at radius 2 is 1.75 bits per heavy atom. The van der Waals surface area contributed by atoms with Crippen molar-refractivity contribution in [2.75, 3.05) is 0 Å². The lowest BCUT2D eigenvalue weighted by Crippen LogP contribution is -2.04. The second kappa shape index (κ2) is 3.70. The SMILES string of the molecule is C1C2CC12.CCC(=O)CC(=O)O. The highest BCUT2D eigenvalue weighted by Crippen LogP contribution is 2.62. The van der Waals surface area contributed by atoms with Crippen LogP contribution in [0.2, 0.25) is 0 Å². The maximum absolute atomic E-state index is 10.2. The molecule has 0 aromatic rings. The van der Waals surface area contributed by atoms with Crippen LogP contribution >= 0.6 is 0 Å².